The maximum Gasteiger partial charge on any atom is 0.414 e. The van der Waals surface area contributed by atoms with E-state index in [2.05, 4.69) is 11.3 Å². The first kappa shape index (κ1) is 12.6. The number of imide groups is 1. The van der Waals surface area contributed by atoms with E-state index in [1.54, 1.807) is 6.92 Å². The van der Waals surface area contributed by atoms with Crippen molar-refractivity contribution in [1.29, 1.82) is 0 Å². The third-order valence-electron chi connectivity index (χ3n) is 0.686. The Labute approximate surface area is 69.6 Å². The van der Waals surface area contributed by atoms with Gasteiger partial charge in [-0.1, -0.05) is 6.58 Å². The van der Waals surface area contributed by atoms with Crippen LogP contribution in [0.4, 0.5) is 4.79 Å². The van der Waals surface area contributed by atoms with Crippen LogP contribution in [0.1, 0.15) is 6.92 Å². The SMILES string of the molecule is C=CC(=O)NC(=O)OCC.[SiH4]. The second kappa shape index (κ2) is 7.01. The molecule has 4 nitrogen and oxygen atoms in total. The zero-order valence-electron chi connectivity index (χ0n) is 5.72. The molecule has 2 amide bonds. The third kappa shape index (κ3) is 6.79. The van der Waals surface area contributed by atoms with Gasteiger partial charge < -0.3 is 4.74 Å². The molecule has 0 atom stereocenters. The van der Waals surface area contributed by atoms with Crippen molar-refractivity contribution < 1.29 is 14.3 Å². The molecular weight excluding hydrogens is 162 g/mol. The molecule has 0 rings (SSSR count). The third-order valence-corrected chi connectivity index (χ3v) is 0.686. The van der Waals surface area contributed by atoms with Gasteiger partial charge in [0.05, 0.1) is 6.61 Å². The molecule has 0 radical (unpaired) electrons. The number of carbonyl (C=O) groups excluding carboxylic acids is 2. The highest BCUT2D eigenvalue weighted by Crippen LogP contribution is 1.75. The van der Waals surface area contributed by atoms with Crippen LogP contribution in [0.25, 0.3) is 0 Å². The van der Waals surface area contributed by atoms with Crippen LogP contribution in [0.3, 0.4) is 0 Å². The fraction of sp³-hybridized carbons (Fsp3) is 0.333. The number of alkyl carbamates (subject to hydrolysis) is 1. The topological polar surface area (TPSA) is 55.4 Å². The Morgan fingerprint density at radius 3 is 2.55 bits per heavy atom. The molecule has 0 saturated heterocycles. The van der Waals surface area contributed by atoms with E-state index in [4.69, 9.17) is 0 Å². The fourth-order valence-corrected chi connectivity index (χ4v) is 0.319. The summed E-state index contributed by atoms with van der Waals surface area (Å²) >= 11 is 0. The van der Waals surface area contributed by atoms with Gasteiger partial charge >= 0.3 is 6.09 Å². The average Bonchev–Trinajstić information content (AvgIpc) is 1.88. The number of hydrogen-bond acceptors (Lipinski definition) is 3. The minimum atomic E-state index is -0.743. The monoisotopic (exact) mass is 175 g/mol. The standard InChI is InChI=1S/C6H9NO3.H4Si/c1-3-5(8)7-6(9)10-4-2;/h3H,1,4H2,2H3,(H,7,8,9);1H4. The van der Waals surface area contributed by atoms with Gasteiger partial charge in [0.2, 0.25) is 0 Å². The number of carbonyl (C=O) groups is 2. The first-order valence-corrected chi connectivity index (χ1v) is 2.81. The first-order valence-electron chi connectivity index (χ1n) is 2.81. The summed E-state index contributed by atoms with van der Waals surface area (Å²) in [6.07, 6.45) is 0.254. The summed E-state index contributed by atoms with van der Waals surface area (Å²) in [5.74, 6) is -0.557. The summed E-state index contributed by atoms with van der Waals surface area (Å²) in [5.41, 5.74) is 0. The van der Waals surface area contributed by atoms with Crippen LogP contribution >= 0.6 is 0 Å². The molecule has 1 N–H and O–H groups in total. The molecule has 5 heteroatoms. The minimum absolute atomic E-state index is 0. The van der Waals surface area contributed by atoms with E-state index in [1.807, 2.05) is 5.32 Å². The molecule has 64 valence electrons. The summed E-state index contributed by atoms with van der Waals surface area (Å²) in [7, 11) is 0. The van der Waals surface area contributed by atoms with Crippen LogP contribution in [0.2, 0.25) is 0 Å². The van der Waals surface area contributed by atoms with Crippen molar-refractivity contribution in [1.82, 2.24) is 5.32 Å². The van der Waals surface area contributed by atoms with E-state index in [9.17, 15) is 9.59 Å². The quantitative estimate of drug-likeness (QED) is 0.432. The molecule has 0 aromatic carbocycles. The molecule has 11 heavy (non-hydrogen) atoms. The van der Waals surface area contributed by atoms with E-state index in [1.165, 1.54) is 0 Å². The molecule has 0 spiro atoms. The van der Waals surface area contributed by atoms with Crippen molar-refractivity contribution in [3.63, 3.8) is 0 Å². The Morgan fingerprint density at radius 1 is 1.64 bits per heavy atom. The van der Waals surface area contributed by atoms with Crippen LogP contribution in [0.15, 0.2) is 12.7 Å². The van der Waals surface area contributed by atoms with Crippen LogP contribution < -0.4 is 5.32 Å². The second-order valence-corrected chi connectivity index (χ2v) is 1.41. The van der Waals surface area contributed by atoms with E-state index < -0.39 is 12.0 Å². The van der Waals surface area contributed by atoms with Crippen molar-refractivity contribution in [3.05, 3.63) is 12.7 Å². The van der Waals surface area contributed by atoms with Crippen LogP contribution in [-0.2, 0) is 9.53 Å². The smallest absolute Gasteiger partial charge is 0.414 e. The van der Waals surface area contributed by atoms with Gasteiger partial charge in [-0.05, 0) is 24.0 Å². The van der Waals surface area contributed by atoms with Crippen LogP contribution in [0.5, 0.6) is 0 Å². The largest absolute Gasteiger partial charge is 0.450 e. The predicted octanol–water partition coefficient (Wildman–Crippen LogP) is -1.01. The molecule has 0 fully saturated rings. The first-order chi connectivity index (χ1) is 4.70. The zero-order valence-corrected chi connectivity index (χ0v) is 5.72. The molecule has 0 saturated carbocycles. The highest BCUT2D eigenvalue weighted by atomic mass is 28.1. The van der Waals surface area contributed by atoms with Gasteiger partial charge in [-0.3, -0.25) is 10.1 Å². The number of hydrogen-bond donors (Lipinski definition) is 1. The van der Waals surface area contributed by atoms with E-state index >= 15 is 0 Å². The second-order valence-electron chi connectivity index (χ2n) is 1.41. The number of rotatable bonds is 2. The predicted molar refractivity (Wildman–Crippen MR) is 46.7 cm³/mol. The minimum Gasteiger partial charge on any atom is -0.450 e. The molecule has 0 aromatic rings. The Hall–Kier alpha value is -1.10. The summed E-state index contributed by atoms with van der Waals surface area (Å²) in [6.45, 7) is 5.05. The molecular formula is C6H13NO3Si. The molecule has 0 aliphatic heterocycles. The van der Waals surface area contributed by atoms with Gasteiger partial charge in [-0.2, -0.15) is 0 Å². The lowest BCUT2D eigenvalue weighted by atomic mass is 10.6. The summed E-state index contributed by atoms with van der Waals surface area (Å²) in [6, 6.07) is 0. The maximum absolute atomic E-state index is 10.4. The van der Waals surface area contributed by atoms with Crippen LogP contribution in [-0.4, -0.2) is 29.6 Å². The zero-order chi connectivity index (χ0) is 7.98. The highest BCUT2D eigenvalue weighted by Gasteiger charge is 2.01. The van der Waals surface area contributed by atoms with Crippen molar-refractivity contribution in [2.24, 2.45) is 0 Å². The molecule has 0 unspecified atom stereocenters. The highest BCUT2D eigenvalue weighted by molar-refractivity contribution is 5.98. The van der Waals surface area contributed by atoms with Gasteiger partial charge in [-0.25, -0.2) is 4.79 Å². The fourth-order valence-electron chi connectivity index (χ4n) is 0.319. The van der Waals surface area contributed by atoms with E-state index in [-0.39, 0.29) is 17.6 Å². The Bertz CT molecular complexity index is 158. The van der Waals surface area contributed by atoms with E-state index in [0.29, 0.717) is 0 Å². The van der Waals surface area contributed by atoms with Gasteiger partial charge in [0, 0.05) is 0 Å². The number of amides is 2. The normalized spacial score (nSPS) is 7.36. The van der Waals surface area contributed by atoms with Crippen molar-refractivity contribution in [3.8, 4) is 0 Å². The molecule has 0 aromatic heterocycles. The van der Waals surface area contributed by atoms with Gasteiger partial charge in [0.15, 0.2) is 0 Å². The van der Waals surface area contributed by atoms with Crippen LogP contribution in [0, 0.1) is 0 Å². The van der Waals surface area contributed by atoms with Gasteiger partial charge in [0.25, 0.3) is 5.91 Å². The van der Waals surface area contributed by atoms with Crippen molar-refractivity contribution >= 4 is 23.0 Å². The summed E-state index contributed by atoms with van der Waals surface area (Å²) < 4.78 is 4.40. The molecule has 0 aliphatic rings. The van der Waals surface area contributed by atoms with Crippen molar-refractivity contribution in [2.45, 2.75) is 6.92 Å². The summed E-state index contributed by atoms with van der Waals surface area (Å²) in [5, 5.41) is 1.91. The molecule has 0 aliphatic carbocycles. The lowest BCUT2D eigenvalue weighted by molar-refractivity contribution is -0.115. The lowest BCUT2D eigenvalue weighted by Crippen LogP contribution is -2.29. The molecule has 0 bridgehead atoms. The Kier molecular flexibility index (Phi) is 8.00. The van der Waals surface area contributed by atoms with Crippen molar-refractivity contribution in [2.75, 3.05) is 6.61 Å². The van der Waals surface area contributed by atoms with Gasteiger partial charge in [0.1, 0.15) is 0 Å². The average molecular weight is 175 g/mol. The lowest BCUT2D eigenvalue weighted by Gasteiger charge is -1.99. The molecule has 0 heterocycles. The Morgan fingerprint density at radius 2 is 2.18 bits per heavy atom. The number of ether oxygens (including phenoxy) is 1. The van der Waals surface area contributed by atoms with Gasteiger partial charge in [-0.15, -0.1) is 0 Å². The Balaban J connectivity index is 0. The maximum atomic E-state index is 10.4. The van der Waals surface area contributed by atoms with E-state index in [0.717, 1.165) is 6.08 Å². The summed E-state index contributed by atoms with van der Waals surface area (Å²) in [4.78, 5) is 20.8. The number of nitrogens with one attached hydrogen (secondary N) is 1.